The summed E-state index contributed by atoms with van der Waals surface area (Å²) in [4.78, 5) is 13.9. The molecule has 3 nitrogen and oxygen atoms in total. The highest BCUT2D eigenvalue weighted by molar-refractivity contribution is 6.18. The largest absolute Gasteiger partial charge is 0.379 e. The topological polar surface area (TPSA) is 29.5 Å². The van der Waals surface area contributed by atoms with Crippen LogP contribution in [0, 0.1) is 5.92 Å². The summed E-state index contributed by atoms with van der Waals surface area (Å²) in [5.74, 6) is 1.19. The van der Waals surface area contributed by atoms with Crippen LogP contribution in [0.4, 0.5) is 0 Å². The number of hydrogen-bond acceptors (Lipinski definition) is 2. The van der Waals surface area contributed by atoms with Crippen molar-refractivity contribution in [2.45, 2.75) is 31.7 Å². The lowest BCUT2D eigenvalue weighted by Gasteiger charge is -2.29. The van der Waals surface area contributed by atoms with Gasteiger partial charge in [0.1, 0.15) is 0 Å². The summed E-state index contributed by atoms with van der Waals surface area (Å²) in [6, 6.07) is 0.420. The van der Waals surface area contributed by atoms with Gasteiger partial charge in [0.2, 0.25) is 5.91 Å². The van der Waals surface area contributed by atoms with Gasteiger partial charge in [0.15, 0.2) is 0 Å². The van der Waals surface area contributed by atoms with Crippen molar-refractivity contribution in [1.82, 2.24) is 4.90 Å². The van der Waals surface area contributed by atoms with Gasteiger partial charge in [-0.2, -0.15) is 0 Å². The average molecular weight is 232 g/mol. The Bertz CT molecular complexity index is 235. The van der Waals surface area contributed by atoms with E-state index in [0.29, 0.717) is 30.9 Å². The molecule has 0 unspecified atom stereocenters. The van der Waals surface area contributed by atoms with Gasteiger partial charge in [0.05, 0.1) is 13.2 Å². The lowest BCUT2D eigenvalue weighted by Crippen LogP contribution is -2.42. The molecule has 0 aromatic carbocycles. The van der Waals surface area contributed by atoms with Crippen LogP contribution in [0.15, 0.2) is 0 Å². The van der Waals surface area contributed by atoms with E-state index in [2.05, 4.69) is 0 Å². The highest BCUT2D eigenvalue weighted by Gasteiger charge is 2.35. The number of carbonyl (C=O) groups is 1. The van der Waals surface area contributed by atoms with Gasteiger partial charge in [-0.05, 0) is 12.8 Å². The van der Waals surface area contributed by atoms with Crippen LogP contribution in [-0.4, -0.2) is 42.5 Å². The zero-order valence-corrected chi connectivity index (χ0v) is 9.71. The van der Waals surface area contributed by atoms with E-state index in [0.717, 1.165) is 19.6 Å². The summed E-state index contributed by atoms with van der Waals surface area (Å²) in [6.07, 6.45) is 4.03. The average Bonchev–Trinajstić information content (AvgIpc) is 2.58. The molecule has 2 rings (SSSR count). The van der Waals surface area contributed by atoms with E-state index in [1.165, 1.54) is 12.8 Å². The number of halogens is 1. The maximum absolute atomic E-state index is 11.9. The summed E-state index contributed by atoms with van der Waals surface area (Å²) in [5, 5.41) is 0. The van der Waals surface area contributed by atoms with Crippen molar-refractivity contribution >= 4 is 17.5 Å². The number of fused-ring (bicyclic) bond motifs is 1. The molecule has 0 aromatic rings. The molecule has 2 aliphatic rings. The second kappa shape index (κ2) is 5.17. The summed E-state index contributed by atoms with van der Waals surface area (Å²) >= 11 is 5.62. The molecule has 0 spiro atoms. The Kier molecular flexibility index (Phi) is 3.87. The quantitative estimate of drug-likeness (QED) is 0.677. The van der Waals surface area contributed by atoms with Crippen molar-refractivity contribution in [3.8, 4) is 0 Å². The highest BCUT2D eigenvalue weighted by Crippen LogP contribution is 2.32. The fourth-order valence-electron chi connectivity index (χ4n) is 2.72. The van der Waals surface area contributed by atoms with Crippen molar-refractivity contribution in [3.63, 3.8) is 0 Å². The minimum Gasteiger partial charge on any atom is -0.379 e. The monoisotopic (exact) mass is 231 g/mol. The van der Waals surface area contributed by atoms with Gasteiger partial charge in [-0.15, -0.1) is 11.6 Å². The third-order valence-electron chi connectivity index (χ3n) is 3.46. The first-order valence-electron chi connectivity index (χ1n) is 5.76. The fourth-order valence-corrected chi connectivity index (χ4v) is 2.88. The first kappa shape index (κ1) is 11.2. The molecule has 1 saturated heterocycles. The number of rotatable bonds is 2. The van der Waals surface area contributed by atoms with E-state index < -0.39 is 0 Å². The maximum Gasteiger partial charge on any atom is 0.224 e. The maximum atomic E-state index is 11.9. The van der Waals surface area contributed by atoms with Crippen LogP contribution in [-0.2, 0) is 9.53 Å². The number of hydrogen-bond donors (Lipinski definition) is 0. The fraction of sp³-hybridized carbons (Fsp3) is 0.909. The van der Waals surface area contributed by atoms with Crippen molar-refractivity contribution in [1.29, 1.82) is 0 Å². The first-order valence-corrected chi connectivity index (χ1v) is 6.29. The molecule has 1 aliphatic carbocycles. The Morgan fingerprint density at radius 3 is 3.13 bits per heavy atom. The summed E-state index contributed by atoms with van der Waals surface area (Å²) < 4.78 is 5.54. The van der Waals surface area contributed by atoms with E-state index in [-0.39, 0.29) is 5.91 Å². The Labute approximate surface area is 95.7 Å². The van der Waals surface area contributed by atoms with E-state index in [1.54, 1.807) is 0 Å². The van der Waals surface area contributed by atoms with Crippen molar-refractivity contribution in [2.75, 3.05) is 25.6 Å². The van der Waals surface area contributed by atoms with Crippen LogP contribution in [0.1, 0.15) is 25.7 Å². The summed E-state index contributed by atoms with van der Waals surface area (Å²) in [5.41, 5.74) is 0. The molecule has 4 heteroatoms. The van der Waals surface area contributed by atoms with Gasteiger partial charge in [-0.25, -0.2) is 0 Å². The minimum absolute atomic E-state index is 0.201. The summed E-state index contributed by atoms with van der Waals surface area (Å²) in [6.45, 7) is 2.26. The first-order chi connectivity index (χ1) is 7.33. The molecule has 1 amide bonds. The van der Waals surface area contributed by atoms with E-state index in [9.17, 15) is 4.79 Å². The predicted molar refractivity (Wildman–Crippen MR) is 59.0 cm³/mol. The zero-order valence-electron chi connectivity index (χ0n) is 8.95. The number of ether oxygens (including phenoxy) is 1. The molecule has 1 saturated carbocycles. The van der Waals surface area contributed by atoms with E-state index >= 15 is 0 Å². The SMILES string of the molecule is O=C(CCCl)N1CCOC[C@H]2CCC[C@@H]21. The van der Waals surface area contributed by atoms with E-state index in [1.807, 2.05) is 4.90 Å². The van der Waals surface area contributed by atoms with Crippen molar-refractivity contribution in [2.24, 2.45) is 5.92 Å². The van der Waals surface area contributed by atoms with Crippen LogP contribution in [0.25, 0.3) is 0 Å². The Morgan fingerprint density at radius 2 is 2.33 bits per heavy atom. The second-order valence-electron chi connectivity index (χ2n) is 4.36. The molecule has 0 radical (unpaired) electrons. The standard InChI is InChI=1S/C11H18ClNO2/c12-5-4-11(14)13-6-7-15-8-9-2-1-3-10(9)13/h9-10H,1-8H2/t9-,10+/m1/s1. The molecular formula is C11H18ClNO2. The lowest BCUT2D eigenvalue weighted by molar-refractivity contribution is -0.133. The Hall–Kier alpha value is -0.280. The number of nitrogens with zero attached hydrogens (tertiary/aromatic N) is 1. The smallest absolute Gasteiger partial charge is 0.224 e. The predicted octanol–water partition coefficient (Wildman–Crippen LogP) is 1.64. The highest BCUT2D eigenvalue weighted by atomic mass is 35.5. The lowest BCUT2D eigenvalue weighted by atomic mass is 10.0. The molecule has 1 aliphatic heterocycles. The van der Waals surface area contributed by atoms with Gasteiger partial charge in [0, 0.05) is 30.8 Å². The Morgan fingerprint density at radius 1 is 1.47 bits per heavy atom. The number of carbonyl (C=O) groups excluding carboxylic acids is 1. The van der Waals surface area contributed by atoms with Gasteiger partial charge in [-0.1, -0.05) is 6.42 Å². The van der Waals surface area contributed by atoms with Crippen molar-refractivity contribution in [3.05, 3.63) is 0 Å². The van der Waals surface area contributed by atoms with Crippen LogP contribution in [0.2, 0.25) is 0 Å². The second-order valence-corrected chi connectivity index (χ2v) is 4.74. The third-order valence-corrected chi connectivity index (χ3v) is 3.65. The minimum atomic E-state index is 0.201. The number of alkyl halides is 1. The Balaban J connectivity index is 2.03. The number of amides is 1. The van der Waals surface area contributed by atoms with Crippen LogP contribution >= 0.6 is 11.6 Å². The van der Waals surface area contributed by atoms with Gasteiger partial charge in [-0.3, -0.25) is 4.79 Å². The van der Waals surface area contributed by atoms with Crippen molar-refractivity contribution < 1.29 is 9.53 Å². The van der Waals surface area contributed by atoms with Crippen LogP contribution < -0.4 is 0 Å². The van der Waals surface area contributed by atoms with E-state index in [4.69, 9.17) is 16.3 Å². The normalized spacial score (nSPS) is 31.1. The molecule has 1 heterocycles. The van der Waals surface area contributed by atoms with Crippen LogP contribution in [0.3, 0.4) is 0 Å². The van der Waals surface area contributed by atoms with Gasteiger partial charge in [0.25, 0.3) is 0 Å². The molecule has 2 atom stereocenters. The molecule has 0 bridgehead atoms. The van der Waals surface area contributed by atoms with Gasteiger partial charge < -0.3 is 9.64 Å². The molecule has 0 aromatic heterocycles. The van der Waals surface area contributed by atoms with Crippen LogP contribution in [0.5, 0.6) is 0 Å². The molecule has 15 heavy (non-hydrogen) atoms. The summed E-state index contributed by atoms with van der Waals surface area (Å²) in [7, 11) is 0. The molecule has 2 fully saturated rings. The molecule has 86 valence electrons. The molecular weight excluding hydrogens is 214 g/mol. The zero-order chi connectivity index (χ0) is 10.7. The van der Waals surface area contributed by atoms with Gasteiger partial charge >= 0.3 is 0 Å². The molecule has 0 N–H and O–H groups in total. The third kappa shape index (κ3) is 2.45.